The molecule has 1 heterocycles. The second-order valence-electron chi connectivity index (χ2n) is 4.23. The van der Waals surface area contributed by atoms with Crippen molar-refractivity contribution >= 4 is 17.7 Å². The molecule has 0 bridgehead atoms. The largest absolute Gasteiger partial charge is 0.475 e. The van der Waals surface area contributed by atoms with Gasteiger partial charge in [0.2, 0.25) is 5.76 Å². The molecular weight excluding hydrogens is 228 g/mol. The highest BCUT2D eigenvalue weighted by molar-refractivity contribution is 7.99. The highest BCUT2D eigenvalue weighted by Crippen LogP contribution is 2.21. The lowest BCUT2D eigenvalue weighted by molar-refractivity contribution is 0.00690. The van der Waals surface area contributed by atoms with Crippen molar-refractivity contribution in [1.29, 1.82) is 0 Å². The first-order valence-corrected chi connectivity index (χ1v) is 5.97. The highest BCUT2D eigenvalue weighted by atomic mass is 32.2. The third-order valence-electron chi connectivity index (χ3n) is 1.65. The quantitative estimate of drug-likeness (QED) is 0.637. The van der Waals surface area contributed by atoms with E-state index in [1.54, 1.807) is 6.07 Å². The Morgan fingerprint density at radius 2 is 2.19 bits per heavy atom. The lowest BCUT2D eigenvalue weighted by Crippen LogP contribution is -2.20. The normalized spacial score (nSPS) is 11.7. The van der Waals surface area contributed by atoms with Crippen LogP contribution < -0.4 is 0 Å². The van der Waals surface area contributed by atoms with Crippen LogP contribution in [-0.2, 0) is 4.74 Å². The maximum absolute atomic E-state index is 10.5. The van der Waals surface area contributed by atoms with Gasteiger partial charge in [-0.1, -0.05) is 11.8 Å². The predicted molar refractivity (Wildman–Crippen MR) is 62.1 cm³/mol. The van der Waals surface area contributed by atoms with Crippen LogP contribution in [0, 0.1) is 0 Å². The number of thioether (sulfide) groups is 1. The standard InChI is InChI=1S/C11H16O4S/c1-11(2,3)14-6-7-16-9-5-4-8(15-9)10(12)13/h4-5H,6-7H2,1-3H3,(H,12,13). The lowest BCUT2D eigenvalue weighted by atomic mass is 10.2. The molecule has 1 N–H and O–H groups in total. The first-order valence-electron chi connectivity index (χ1n) is 4.98. The Morgan fingerprint density at radius 1 is 1.50 bits per heavy atom. The SMILES string of the molecule is CC(C)(C)OCCSc1ccc(C(=O)O)o1. The number of hydrogen-bond donors (Lipinski definition) is 1. The molecule has 0 spiro atoms. The van der Waals surface area contributed by atoms with Crippen molar-refractivity contribution < 1.29 is 19.1 Å². The highest BCUT2D eigenvalue weighted by Gasteiger charge is 2.11. The van der Waals surface area contributed by atoms with Crippen LogP contribution in [0.2, 0.25) is 0 Å². The fourth-order valence-corrected chi connectivity index (χ4v) is 1.68. The molecular formula is C11H16O4S. The summed E-state index contributed by atoms with van der Waals surface area (Å²) in [5.74, 6) is -0.332. The summed E-state index contributed by atoms with van der Waals surface area (Å²) in [7, 11) is 0. The number of aromatic carboxylic acids is 1. The molecule has 5 heteroatoms. The first kappa shape index (κ1) is 13.1. The molecule has 0 aliphatic rings. The van der Waals surface area contributed by atoms with E-state index < -0.39 is 5.97 Å². The van der Waals surface area contributed by atoms with Gasteiger partial charge in [-0.2, -0.15) is 0 Å². The van der Waals surface area contributed by atoms with E-state index in [1.165, 1.54) is 17.8 Å². The first-order chi connectivity index (χ1) is 7.38. The molecule has 0 saturated heterocycles. The smallest absolute Gasteiger partial charge is 0.371 e. The van der Waals surface area contributed by atoms with Crippen molar-refractivity contribution in [2.45, 2.75) is 31.5 Å². The zero-order valence-electron chi connectivity index (χ0n) is 9.65. The van der Waals surface area contributed by atoms with E-state index in [-0.39, 0.29) is 11.4 Å². The Morgan fingerprint density at radius 3 is 2.69 bits per heavy atom. The van der Waals surface area contributed by atoms with Crippen molar-refractivity contribution in [3.8, 4) is 0 Å². The predicted octanol–water partition coefficient (Wildman–Crippen LogP) is 2.89. The van der Waals surface area contributed by atoms with Crippen molar-refractivity contribution in [3.63, 3.8) is 0 Å². The average Bonchev–Trinajstić information content (AvgIpc) is 2.59. The van der Waals surface area contributed by atoms with Gasteiger partial charge in [-0.3, -0.25) is 0 Å². The molecule has 0 fully saturated rings. The van der Waals surface area contributed by atoms with Crippen LogP contribution in [0.1, 0.15) is 31.3 Å². The molecule has 0 amide bonds. The average molecular weight is 244 g/mol. The Labute approximate surface area is 99.0 Å². The minimum atomic E-state index is -1.04. The van der Waals surface area contributed by atoms with Gasteiger partial charge in [0.25, 0.3) is 0 Å². The minimum absolute atomic E-state index is 0.0285. The molecule has 0 aliphatic heterocycles. The fourth-order valence-electron chi connectivity index (χ4n) is 1.00. The number of carbonyl (C=O) groups is 1. The lowest BCUT2D eigenvalue weighted by Gasteiger charge is -2.18. The van der Waals surface area contributed by atoms with Gasteiger partial charge in [0.05, 0.1) is 12.2 Å². The van der Waals surface area contributed by atoms with Crippen LogP contribution in [0.25, 0.3) is 0 Å². The molecule has 0 saturated carbocycles. The molecule has 0 aromatic carbocycles. The molecule has 0 radical (unpaired) electrons. The van der Waals surface area contributed by atoms with Gasteiger partial charge in [-0.25, -0.2) is 4.79 Å². The maximum Gasteiger partial charge on any atom is 0.371 e. The zero-order chi connectivity index (χ0) is 12.2. The van der Waals surface area contributed by atoms with E-state index in [0.29, 0.717) is 11.7 Å². The van der Waals surface area contributed by atoms with Gasteiger partial charge >= 0.3 is 5.97 Å². The van der Waals surface area contributed by atoms with Crippen LogP contribution in [0.3, 0.4) is 0 Å². The van der Waals surface area contributed by atoms with Gasteiger partial charge in [0.1, 0.15) is 0 Å². The van der Waals surface area contributed by atoms with Gasteiger partial charge in [0.15, 0.2) is 5.09 Å². The second kappa shape index (κ2) is 5.41. The van der Waals surface area contributed by atoms with E-state index in [1.807, 2.05) is 20.8 Å². The zero-order valence-corrected chi connectivity index (χ0v) is 10.5. The summed E-state index contributed by atoms with van der Waals surface area (Å²) in [6.07, 6.45) is 0. The van der Waals surface area contributed by atoms with Crippen LogP contribution >= 0.6 is 11.8 Å². The monoisotopic (exact) mass is 244 g/mol. The third kappa shape index (κ3) is 4.72. The summed E-state index contributed by atoms with van der Waals surface area (Å²) in [4.78, 5) is 10.5. The number of carboxylic acids is 1. The third-order valence-corrected chi connectivity index (χ3v) is 2.53. The van der Waals surface area contributed by atoms with Gasteiger partial charge < -0.3 is 14.3 Å². The van der Waals surface area contributed by atoms with E-state index in [4.69, 9.17) is 14.3 Å². The van der Waals surface area contributed by atoms with Crippen molar-refractivity contribution in [2.75, 3.05) is 12.4 Å². The Bertz CT molecular complexity index is 351. The van der Waals surface area contributed by atoms with E-state index >= 15 is 0 Å². The van der Waals surface area contributed by atoms with E-state index in [9.17, 15) is 4.79 Å². The summed E-state index contributed by atoms with van der Waals surface area (Å²) in [6.45, 7) is 6.59. The summed E-state index contributed by atoms with van der Waals surface area (Å²) >= 11 is 1.44. The van der Waals surface area contributed by atoms with Gasteiger partial charge in [-0.05, 0) is 32.9 Å². The number of furan rings is 1. The molecule has 0 aliphatic carbocycles. The van der Waals surface area contributed by atoms with Crippen molar-refractivity contribution in [1.82, 2.24) is 0 Å². The van der Waals surface area contributed by atoms with Crippen LogP contribution in [0.4, 0.5) is 0 Å². The molecule has 1 aromatic heterocycles. The Kier molecular flexibility index (Phi) is 4.44. The Balaban J connectivity index is 2.30. The summed E-state index contributed by atoms with van der Waals surface area (Å²) in [6, 6.07) is 3.11. The summed E-state index contributed by atoms with van der Waals surface area (Å²) in [5, 5.41) is 9.26. The van der Waals surface area contributed by atoms with Crippen molar-refractivity contribution in [2.24, 2.45) is 0 Å². The van der Waals surface area contributed by atoms with E-state index in [0.717, 1.165) is 5.75 Å². The molecule has 1 aromatic rings. The van der Waals surface area contributed by atoms with Crippen molar-refractivity contribution in [3.05, 3.63) is 17.9 Å². The number of rotatable bonds is 5. The van der Waals surface area contributed by atoms with Crippen LogP contribution in [0.5, 0.6) is 0 Å². The summed E-state index contributed by atoms with van der Waals surface area (Å²) < 4.78 is 10.6. The number of ether oxygens (including phenoxy) is 1. The number of hydrogen-bond acceptors (Lipinski definition) is 4. The second-order valence-corrected chi connectivity index (χ2v) is 5.33. The topological polar surface area (TPSA) is 59.7 Å². The van der Waals surface area contributed by atoms with Gasteiger partial charge in [0, 0.05) is 5.75 Å². The van der Waals surface area contributed by atoms with Gasteiger partial charge in [-0.15, -0.1) is 0 Å². The maximum atomic E-state index is 10.5. The molecule has 1 rings (SSSR count). The summed E-state index contributed by atoms with van der Waals surface area (Å²) in [5.41, 5.74) is -0.143. The fraction of sp³-hybridized carbons (Fsp3) is 0.545. The molecule has 0 unspecified atom stereocenters. The van der Waals surface area contributed by atoms with Crippen LogP contribution in [0.15, 0.2) is 21.6 Å². The minimum Gasteiger partial charge on any atom is -0.475 e. The molecule has 90 valence electrons. The van der Waals surface area contributed by atoms with Crippen LogP contribution in [-0.4, -0.2) is 29.0 Å². The Hall–Kier alpha value is -0.940. The molecule has 16 heavy (non-hydrogen) atoms. The molecule has 4 nitrogen and oxygen atoms in total. The number of carboxylic acid groups (broad SMARTS) is 1. The molecule has 0 atom stereocenters. The van der Waals surface area contributed by atoms with E-state index in [2.05, 4.69) is 0 Å².